The number of para-hydroxylation sites is 1. The summed E-state index contributed by atoms with van der Waals surface area (Å²) < 4.78 is 18.7. The predicted molar refractivity (Wildman–Crippen MR) is 70.3 cm³/mol. The first-order valence-electron chi connectivity index (χ1n) is 6.26. The van der Waals surface area contributed by atoms with Crippen LogP contribution >= 0.6 is 0 Å². The summed E-state index contributed by atoms with van der Waals surface area (Å²) in [5, 5.41) is 11.8. The van der Waals surface area contributed by atoms with Crippen molar-refractivity contribution in [2.75, 3.05) is 6.61 Å². The molecule has 0 aliphatic rings. The summed E-state index contributed by atoms with van der Waals surface area (Å²) in [7, 11) is 0. The molecular weight excluding hydrogens is 249 g/mol. The van der Waals surface area contributed by atoms with Crippen molar-refractivity contribution >= 4 is 5.91 Å². The lowest BCUT2D eigenvalue weighted by atomic mass is 10.1. The number of benzene rings is 1. The first kappa shape index (κ1) is 15.4. The van der Waals surface area contributed by atoms with Crippen molar-refractivity contribution in [2.24, 2.45) is 5.92 Å². The van der Waals surface area contributed by atoms with Gasteiger partial charge in [-0.2, -0.15) is 0 Å². The number of amides is 1. The minimum Gasteiger partial charge on any atom is -0.480 e. The third-order valence-electron chi connectivity index (χ3n) is 2.96. The van der Waals surface area contributed by atoms with Crippen LogP contribution in [0.25, 0.3) is 0 Å². The maximum atomic E-state index is 13.5. The molecule has 0 spiro atoms. The van der Waals surface area contributed by atoms with Crippen LogP contribution in [0.4, 0.5) is 4.39 Å². The molecule has 4 nitrogen and oxygen atoms in total. The standard InChI is InChI=1S/C14H20FNO3/c1-9(2)10(3)16-13(18)8-19-14-11(7-17)5-4-6-12(14)15/h4-6,9-10,17H,7-8H2,1-3H3,(H,16,18). The summed E-state index contributed by atoms with van der Waals surface area (Å²) in [6, 6.07) is 4.28. The lowest BCUT2D eigenvalue weighted by Crippen LogP contribution is -2.39. The van der Waals surface area contributed by atoms with E-state index in [1.807, 2.05) is 20.8 Å². The van der Waals surface area contributed by atoms with E-state index in [1.165, 1.54) is 12.1 Å². The van der Waals surface area contributed by atoms with Gasteiger partial charge in [0.1, 0.15) is 0 Å². The molecule has 1 aromatic carbocycles. The Hall–Kier alpha value is -1.62. The summed E-state index contributed by atoms with van der Waals surface area (Å²) in [5.41, 5.74) is 0.324. The predicted octanol–water partition coefficient (Wildman–Crippen LogP) is 1.86. The van der Waals surface area contributed by atoms with Gasteiger partial charge in [-0.25, -0.2) is 4.39 Å². The molecule has 2 N–H and O–H groups in total. The van der Waals surface area contributed by atoms with Crippen molar-refractivity contribution in [1.29, 1.82) is 0 Å². The first-order valence-corrected chi connectivity index (χ1v) is 6.26. The SMILES string of the molecule is CC(C)C(C)NC(=O)COc1c(F)cccc1CO. The van der Waals surface area contributed by atoms with Crippen LogP contribution in [0.5, 0.6) is 5.75 Å². The number of carbonyl (C=O) groups excluding carboxylic acids is 1. The van der Waals surface area contributed by atoms with Crippen LogP contribution < -0.4 is 10.1 Å². The molecule has 1 aromatic rings. The number of hydrogen-bond donors (Lipinski definition) is 2. The van der Waals surface area contributed by atoms with Crippen LogP contribution in [-0.4, -0.2) is 23.7 Å². The lowest BCUT2D eigenvalue weighted by molar-refractivity contribution is -0.124. The normalized spacial score (nSPS) is 12.3. The number of nitrogens with one attached hydrogen (secondary N) is 1. The summed E-state index contributed by atoms with van der Waals surface area (Å²) in [6.45, 7) is 5.27. The van der Waals surface area contributed by atoms with Gasteiger partial charge in [0, 0.05) is 11.6 Å². The van der Waals surface area contributed by atoms with Gasteiger partial charge < -0.3 is 15.2 Å². The fourth-order valence-corrected chi connectivity index (χ4v) is 1.44. The van der Waals surface area contributed by atoms with Crippen molar-refractivity contribution in [3.05, 3.63) is 29.6 Å². The van der Waals surface area contributed by atoms with E-state index in [0.29, 0.717) is 11.5 Å². The highest BCUT2D eigenvalue weighted by Gasteiger charge is 2.14. The second-order valence-electron chi connectivity index (χ2n) is 4.78. The Morgan fingerprint density at radius 1 is 1.42 bits per heavy atom. The van der Waals surface area contributed by atoms with Crippen LogP contribution in [0.1, 0.15) is 26.3 Å². The van der Waals surface area contributed by atoms with E-state index in [4.69, 9.17) is 9.84 Å². The fraction of sp³-hybridized carbons (Fsp3) is 0.500. The van der Waals surface area contributed by atoms with Gasteiger partial charge in [0.05, 0.1) is 6.61 Å². The summed E-state index contributed by atoms with van der Waals surface area (Å²) >= 11 is 0. The Kier molecular flexibility index (Phi) is 5.76. The van der Waals surface area contributed by atoms with E-state index in [1.54, 1.807) is 6.07 Å². The van der Waals surface area contributed by atoms with Crippen LogP contribution in [0, 0.1) is 11.7 Å². The summed E-state index contributed by atoms with van der Waals surface area (Å²) in [5.74, 6) is -0.660. The second kappa shape index (κ2) is 7.09. The zero-order valence-electron chi connectivity index (χ0n) is 11.4. The highest BCUT2D eigenvalue weighted by Crippen LogP contribution is 2.22. The van der Waals surface area contributed by atoms with E-state index in [0.717, 1.165) is 0 Å². The zero-order valence-corrected chi connectivity index (χ0v) is 11.4. The quantitative estimate of drug-likeness (QED) is 0.828. The molecule has 0 heterocycles. The van der Waals surface area contributed by atoms with Gasteiger partial charge in [-0.05, 0) is 18.9 Å². The molecular formula is C14H20FNO3. The Bertz CT molecular complexity index is 435. The summed E-state index contributed by atoms with van der Waals surface area (Å²) in [6.07, 6.45) is 0. The highest BCUT2D eigenvalue weighted by molar-refractivity contribution is 5.77. The number of halogens is 1. The molecule has 5 heteroatoms. The first-order chi connectivity index (χ1) is 8.95. The molecule has 0 saturated carbocycles. The molecule has 0 radical (unpaired) electrons. The molecule has 1 amide bonds. The van der Waals surface area contributed by atoms with Crippen LogP contribution in [0.2, 0.25) is 0 Å². The molecule has 0 aliphatic carbocycles. The average molecular weight is 269 g/mol. The lowest BCUT2D eigenvalue weighted by Gasteiger charge is -2.18. The molecule has 0 aromatic heterocycles. The number of ether oxygens (including phenoxy) is 1. The van der Waals surface area contributed by atoms with Gasteiger partial charge in [0.2, 0.25) is 0 Å². The molecule has 106 valence electrons. The van der Waals surface area contributed by atoms with Crippen LogP contribution in [-0.2, 0) is 11.4 Å². The van der Waals surface area contributed by atoms with Crippen molar-refractivity contribution in [2.45, 2.75) is 33.4 Å². The fourth-order valence-electron chi connectivity index (χ4n) is 1.44. The largest absolute Gasteiger partial charge is 0.480 e. The molecule has 1 unspecified atom stereocenters. The van der Waals surface area contributed by atoms with Gasteiger partial charge in [0.15, 0.2) is 18.2 Å². The topological polar surface area (TPSA) is 58.6 Å². The van der Waals surface area contributed by atoms with E-state index in [9.17, 15) is 9.18 Å². The second-order valence-corrected chi connectivity index (χ2v) is 4.78. The van der Waals surface area contributed by atoms with Gasteiger partial charge in [-0.3, -0.25) is 4.79 Å². The maximum absolute atomic E-state index is 13.5. The number of aliphatic hydroxyl groups is 1. The van der Waals surface area contributed by atoms with E-state index in [2.05, 4.69) is 5.32 Å². The molecule has 19 heavy (non-hydrogen) atoms. The zero-order chi connectivity index (χ0) is 14.4. The summed E-state index contributed by atoms with van der Waals surface area (Å²) in [4.78, 5) is 11.6. The molecule has 0 saturated heterocycles. The van der Waals surface area contributed by atoms with Gasteiger partial charge in [-0.15, -0.1) is 0 Å². The van der Waals surface area contributed by atoms with Crippen molar-refractivity contribution in [1.82, 2.24) is 5.32 Å². The van der Waals surface area contributed by atoms with Crippen molar-refractivity contribution < 1.29 is 19.0 Å². The number of hydrogen-bond acceptors (Lipinski definition) is 3. The van der Waals surface area contributed by atoms with Crippen LogP contribution in [0.3, 0.4) is 0 Å². The smallest absolute Gasteiger partial charge is 0.258 e. The number of rotatable bonds is 6. The Balaban J connectivity index is 2.60. The highest BCUT2D eigenvalue weighted by atomic mass is 19.1. The minimum absolute atomic E-state index is 0.0223. The Morgan fingerprint density at radius 2 is 2.11 bits per heavy atom. The minimum atomic E-state index is -0.587. The maximum Gasteiger partial charge on any atom is 0.258 e. The van der Waals surface area contributed by atoms with E-state index in [-0.39, 0.29) is 30.9 Å². The average Bonchev–Trinajstić information content (AvgIpc) is 2.36. The third kappa shape index (κ3) is 4.52. The van der Waals surface area contributed by atoms with E-state index >= 15 is 0 Å². The Labute approximate surface area is 112 Å². The molecule has 0 bridgehead atoms. The van der Waals surface area contributed by atoms with Gasteiger partial charge in [0.25, 0.3) is 5.91 Å². The monoisotopic (exact) mass is 269 g/mol. The molecule has 1 atom stereocenters. The third-order valence-corrected chi connectivity index (χ3v) is 2.96. The van der Waals surface area contributed by atoms with Crippen molar-refractivity contribution in [3.8, 4) is 5.75 Å². The molecule has 0 aliphatic heterocycles. The number of aliphatic hydroxyl groups excluding tert-OH is 1. The van der Waals surface area contributed by atoms with Crippen molar-refractivity contribution in [3.63, 3.8) is 0 Å². The molecule has 1 rings (SSSR count). The van der Waals surface area contributed by atoms with Gasteiger partial charge >= 0.3 is 0 Å². The Morgan fingerprint density at radius 3 is 2.68 bits per heavy atom. The molecule has 0 fully saturated rings. The van der Waals surface area contributed by atoms with Gasteiger partial charge in [-0.1, -0.05) is 26.0 Å². The number of carbonyl (C=O) groups is 1. The van der Waals surface area contributed by atoms with E-state index < -0.39 is 5.82 Å². The van der Waals surface area contributed by atoms with Crippen LogP contribution in [0.15, 0.2) is 18.2 Å².